The second kappa shape index (κ2) is 11.9. The van der Waals surface area contributed by atoms with Gasteiger partial charge in [-0.15, -0.1) is 0 Å². The second-order valence-electron chi connectivity index (χ2n) is 12.1. The molecule has 0 fully saturated rings. The SMILES string of the molecule is CC(C)(C)C(C)(c1ccc(O)cc1)c1ccc(O)cc1.CC(C)(CCc1ccc(O)cc1)c1ccc(O)cc1. The molecule has 4 nitrogen and oxygen atoms in total. The average Bonchev–Trinajstić information content (AvgIpc) is 2.89. The fourth-order valence-corrected chi connectivity index (χ4v) is 4.80. The van der Waals surface area contributed by atoms with E-state index in [0.717, 1.165) is 24.0 Å². The van der Waals surface area contributed by atoms with Gasteiger partial charge in [-0.25, -0.2) is 0 Å². The number of rotatable bonds is 6. The first kappa shape index (κ1) is 29.6. The summed E-state index contributed by atoms with van der Waals surface area (Å²) in [6.07, 6.45) is 1.98. The molecule has 0 spiro atoms. The van der Waals surface area contributed by atoms with Crippen molar-refractivity contribution in [3.63, 3.8) is 0 Å². The number of phenols is 4. The normalized spacial score (nSPS) is 11.9. The first-order valence-electron chi connectivity index (χ1n) is 13.4. The van der Waals surface area contributed by atoms with Crippen molar-refractivity contribution in [3.8, 4) is 23.0 Å². The minimum Gasteiger partial charge on any atom is -0.508 e. The average molecular weight is 527 g/mol. The predicted octanol–water partition coefficient (Wildman–Crippen LogP) is 8.46. The van der Waals surface area contributed by atoms with E-state index in [1.54, 1.807) is 48.5 Å². The molecule has 0 heterocycles. The Morgan fingerprint density at radius 3 is 1.08 bits per heavy atom. The quantitative estimate of drug-likeness (QED) is 0.203. The largest absolute Gasteiger partial charge is 0.508 e. The highest BCUT2D eigenvalue weighted by molar-refractivity contribution is 5.44. The van der Waals surface area contributed by atoms with Crippen molar-refractivity contribution in [1.29, 1.82) is 0 Å². The van der Waals surface area contributed by atoms with Gasteiger partial charge in [0.05, 0.1) is 0 Å². The summed E-state index contributed by atoms with van der Waals surface area (Å²) in [5, 5.41) is 37.6. The molecule has 0 unspecified atom stereocenters. The van der Waals surface area contributed by atoms with Crippen molar-refractivity contribution in [3.05, 3.63) is 119 Å². The zero-order chi connectivity index (χ0) is 28.8. The first-order chi connectivity index (χ1) is 18.2. The maximum Gasteiger partial charge on any atom is 0.115 e. The minimum absolute atomic E-state index is 0.0130. The monoisotopic (exact) mass is 526 g/mol. The lowest BCUT2D eigenvalue weighted by atomic mass is 9.60. The van der Waals surface area contributed by atoms with Crippen LogP contribution in [0.5, 0.6) is 23.0 Å². The Morgan fingerprint density at radius 2 is 0.744 bits per heavy atom. The van der Waals surface area contributed by atoms with E-state index < -0.39 is 0 Å². The summed E-state index contributed by atoms with van der Waals surface area (Å²) in [6, 6.07) is 29.5. The molecule has 0 saturated heterocycles. The summed E-state index contributed by atoms with van der Waals surface area (Å²) in [4.78, 5) is 0. The van der Waals surface area contributed by atoms with Gasteiger partial charge in [0.25, 0.3) is 0 Å². The maximum absolute atomic E-state index is 9.50. The summed E-state index contributed by atoms with van der Waals surface area (Å²) in [7, 11) is 0. The lowest BCUT2D eigenvalue weighted by molar-refractivity contribution is 0.249. The summed E-state index contributed by atoms with van der Waals surface area (Å²) >= 11 is 0. The number of phenolic OH excluding ortho intramolecular Hbond substituents is 4. The van der Waals surface area contributed by atoms with Crippen molar-refractivity contribution in [2.24, 2.45) is 5.41 Å². The van der Waals surface area contributed by atoms with Gasteiger partial charge in [-0.2, -0.15) is 0 Å². The number of aryl methyl sites for hydroxylation is 1. The molecule has 0 saturated carbocycles. The smallest absolute Gasteiger partial charge is 0.115 e. The highest BCUT2D eigenvalue weighted by atomic mass is 16.3. The Morgan fingerprint density at radius 1 is 0.436 bits per heavy atom. The molecule has 206 valence electrons. The van der Waals surface area contributed by atoms with E-state index in [-0.39, 0.29) is 27.7 Å². The van der Waals surface area contributed by atoms with Crippen LogP contribution in [0.2, 0.25) is 0 Å². The highest BCUT2D eigenvalue weighted by Crippen LogP contribution is 2.47. The topological polar surface area (TPSA) is 80.9 Å². The molecule has 0 aromatic heterocycles. The van der Waals surface area contributed by atoms with Crippen molar-refractivity contribution in [2.45, 2.75) is 65.2 Å². The molecule has 4 rings (SSSR count). The van der Waals surface area contributed by atoms with E-state index in [1.165, 1.54) is 11.1 Å². The van der Waals surface area contributed by atoms with Crippen molar-refractivity contribution >= 4 is 0 Å². The number of aromatic hydroxyl groups is 4. The molecule has 0 radical (unpaired) electrons. The second-order valence-corrected chi connectivity index (χ2v) is 12.1. The molecule has 4 aromatic carbocycles. The van der Waals surface area contributed by atoms with E-state index in [2.05, 4.69) is 41.5 Å². The summed E-state index contributed by atoms with van der Waals surface area (Å²) in [5.74, 6) is 1.16. The molecule has 0 amide bonds. The molecule has 0 aliphatic heterocycles. The van der Waals surface area contributed by atoms with Crippen LogP contribution >= 0.6 is 0 Å². The van der Waals surface area contributed by atoms with Gasteiger partial charge in [0.2, 0.25) is 0 Å². The summed E-state index contributed by atoms with van der Waals surface area (Å²) in [6.45, 7) is 13.2. The van der Waals surface area contributed by atoms with E-state index in [1.807, 2.05) is 48.5 Å². The predicted molar refractivity (Wildman–Crippen MR) is 160 cm³/mol. The summed E-state index contributed by atoms with van der Waals surface area (Å²) < 4.78 is 0. The fraction of sp³-hybridized carbons (Fsp3) is 0.314. The van der Waals surface area contributed by atoms with Crippen LogP contribution in [0.1, 0.15) is 70.2 Å². The van der Waals surface area contributed by atoms with E-state index in [0.29, 0.717) is 11.5 Å². The lowest BCUT2D eigenvalue weighted by Crippen LogP contribution is -2.38. The highest BCUT2D eigenvalue weighted by Gasteiger charge is 2.40. The molecule has 39 heavy (non-hydrogen) atoms. The molecular formula is C35H42O4. The number of hydrogen-bond acceptors (Lipinski definition) is 4. The standard InChI is InChI=1S/C18H22O2.C17H20O2/c1-17(2,3)18(4,13-5-9-15(19)10-6-13)14-7-11-16(20)12-8-14;1-17(2,14-5-9-16(19)10-6-14)12-11-13-3-7-15(18)8-4-13/h5-12,19-20H,1-4H3;3-10,18-19H,11-12H2,1-2H3. The molecule has 0 aliphatic rings. The van der Waals surface area contributed by atoms with Gasteiger partial charge in [-0.3, -0.25) is 0 Å². The van der Waals surface area contributed by atoms with Crippen LogP contribution in [0.3, 0.4) is 0 Å². The third kappa shape index (κ3) is 7.35. The summed E-state index contributed by atoms with van der Waals surface area (Å²) in [5.41, 5.74) is 4.58. The third-order valence-electron chi connectivity index (χ3n) is 8.01. The molecule has 0 atom stereocenters. The lowest BCUT2D eigenvalue weighted by Gasteiger charge is -2.43. The van der Waals surface area contributed by atoms with Gasteiger partial charge in [-0.05, 0) is 94.5 Å². The number of benzene rings is 4. The van der Waals surface area contributed by atoms with Gasteiger partial charge < -0.3 is 20.4 Å². The van der Waals surface area contributed by atoms with Gasteiger partial charge in [-0.1, -0.05) is 90.1 Å². The molecule has 0 bridgehead atoms. The van der Waals surface area contributed by atoms with E-state index in [9.17, 15) is 20.4 Å². The fourth-order valence-electron chi connectivity index (χ4n) is 4.80. The van der Waals surface area contributed by atoms with Crippen molar-refractivity contribution < 1.29 is 20.4 Å². The molecule has 4 heteroatoms. The zero-order valence-corrected chi connectivity index (χ0v) is 23.9. The van der Waals surface area contributed by atoms with Crippen molar-refractivity contribution in [1.82, 2.24) is 0 Å². The van der Waals surface area contributed by atoms with E-state index in [4.69, 9.17) is 0 Å². The van der Waals surface area contributed by atoms with Crippen LogP contribution in [0.15, 0.2) is 97.1 Å². The van der Waals surface area contributed by atoms with Crippen molar-refractivity contribution in [2.75, 3.05) is 0 Å². The number of hydrogen-bond donors (Lipinski definition) is 4. The Bertz CT molecular complexity index is 1270. The van der Waals surface area contributed by atoms with Gasteiger partial charge in [0.15, 0.2) is 0 Å². The third-order valence-corrected chi connectivity index (χ3v) is 8.01. The van der Waals surface area contributed by atoms with Crippen LogP contribution in [0.4, 0.5) is 0 Å². The van der Waals surface area contributed by atoms with Crippen LogP contribution in [-0.2, 0) is 17.3 Å². The Kier molecular flexibility index (Phi) is 9.01. The molecular weight excluding hydrogens is 484 g/mol. The Balaban J connectivity index is 0.000000216. The Hall–Kier alpha value is -3.92. The molecule has 4 N–H and O–H groups in total. The van der Waals surface area contributed by atoms with Crippen LogP contribution < -0.4 is 0 Å². The van der Waals surface area contributed by atoms with Gasteiger partial charge >= 0.3 is 0 Å². The van der Waals surface area contributed by atoms with Crippen LogP contribution in [0, 0.1) is 5.41 Å². The first-order valence-corrected chi connectivity index (χ1v) is 13.4. The van der Waals surface area contributed by atoms with Gasteiger partial charge in [0.1, 0.15) is 23.0 Å². The zero-order valence-electron chi connectivity index (χ0n) is 23.9. The minimum atomic E-state index is -0.214. The Labute approximate surface area is 233 Å². The van der Waals surface area contributed by atoms with Gasteiger partial charge in [0, 0.05) is 5.41 Å². The maximum atomic E-state index is 9.50. The molecule has 4 aromatic rings. The van der Waals surface area contributed by atoms with E-state index >= 15 is 0 Å². The van der Waals surface area contributed by atoms with Crippen LogP contribution in [0.25, 0.3) is 0 Å². The molecule has 0 aliphatic carbocycles. The van der Waals surface area contributed by atoms with Crippen LogP contribution in [-0.4, -0.2) is 20.4 Å².